The summed E-state index contributed by atoms with van der Waals surface area (Å²) in [6.07, 6.45) is 4.00. The number of carbonyl (C=O) groups excluding carboxylic acids is 1. The van der Waals surface area contributed by atoms with Crippen LogP contribution in [0.15, 0.2) is 24.3 Å². The Balaban J connectivity index is 1.71. The number of likely N-dealkylation sites (N-methyl/N-ethyl adjacent to an activating group) is 1. The van der Waals surface area contributed by atoms with Gasteiger partial charge >= 0.3 is 0 Å². The van der Waals surface area contributed by atoms with Crippen LogP contribution in [0.5, 0.6) is 0 Å². The third-order valence-corrected chi connectivity index (χ3v) is 3.98. The van der Waals surface area contributed by atoms with Gasteiger partial charge in [-0.25, -0.2) is 4.39 Å². The zero-order valence-corrected chi connectivity index (χ0v) is 12.7. The second-order valence-corrected chi connectivity index (χ2v) is 5.56. The summed E-state index contributed by atoms with van der Waals surface area (Å²) in [5, 5.41) is 0. The summed E-state index contributed by atoms with van der Waals surface area (Å²) in [5.41, 5.74) is 0.596. The molecule has 3 nitrogen and oxygen atoms in total. The highest BCUT2D eigenvalue weighted by molar-refractivity contribution is 5.95. The topological polar surface area (TPSA) is 29.5 Å². The smallest absolute Gasteiger partial charge is 0.162 e. The Kier molecular flexibility index (Phi) is 6.33. The SMILES string of the molecule is CCN(CCCC(=O)c1ccc(F)cc1)CC1CCCO1. The molecule has 0 spiro atoms. The van der Waals surface area contributed by atoms with Crippen molar-refractivity contribution in [2.24, 2.45) is 0 Å². The normalized spacial score (nSPS) is 18.3. The summed E-state index contributed by atoms with van der Waals surface area (Å²) in [6, 6.07) is 5.79. The van der Waals surface area contributed by atoms with E-state index in [9.17, 15) is 9.18 Å². The van der Waals surface area contributed by atoms with Crippen LogP contribution in [-0.4, -0.2) is 43.0 Å². The van der Waals surface area contributed by atoms with Crippen molar-refractivity contribution >= 4 is 5.78 Å². The van der Waals surface area contributed by atoms with E-state index in [2.05, 4.69) is 11.8 Å². The van der Waals surface area contributed by atoms with Crippen LogP contribution < -0.4 is 0 Å². The van der Waals surface area contributed by atoms with E-state index in [4.69, 9.17) is 4.74 Å². The summed E-state index contributed by atoms with van der Waals surface area (Å²) >= 11 is 0. The molecular weight excluding hydrogens is 269 g/mol. The van der Waals surface area contributed by atoms with Crippen molar-refractivity contribution < 1.29 is 13.9 Å². The molecule has 1 aliphatic rings. The van der Waals surface area contributed by atoms with Crippen molar-refractivity contribution in [2.75, 3.05) is 26.2 Å². The molecule has 1 aromatic rings. The number of halogens is 1. The summed E-state index contributed by atoms with van der Waals surface area (Å²) < 4.78 is 18.5. The number of carbonyl (C=O) groups is 1. The van der Waals surface area contributed by atoms with Crippen molar-refractivity contribution in [3.63, 3.8) is 0 Å². The van der Waals surface area contributed by atoms with Gasteiger partial charge in [0.05, 0.1) is 6.10 Å². The fourth-order valence-electron chi connectivity index (χ4n) is 2.70. The lowest BCUT2D eigenvalue weighted by Gasteiger charge is -2.23. The largest absolute Gasteiger partial charge is 0.377 e. The quantitative estimate of drug-likeness (QED) is 0.689. The average molecular weight is 293 g/mol. The maximum Gasteiger partial charge on any atom is 0.162 e. The van der Waals surface area contributed by atoms with Crippen molar-refractivity contribution in [2.45, 2.75) is 38.7 Å². The highest BCUT2D eigenvalue weighted by Gasteiger charge is 2.18. The molecule has 0 aromatic heterocycles. The Morgan fingerprint density at radius 3 is 2.76 bits per heavy atom. The van der Waals surface area contributed by atoms with Gasteiger partial charge in [-0.15, -0.1) is 0 Å². The Hall–Kier alpha value is -1.26. The zero-order chi connectivity index (χ0) is 15.1. The number of hydrogen-bond donors (Lipinski definition) is 0. The number of rotatable bonds is 8. The first-order valence-electron chi connectivity index (χ1n) is 7.81. The standard InChI is InChI=1S/C17H24FNO2/c1-2-19(13-16-5-4-12-21-16)11-3-6-17(20)14-7-9-15(18)10-8-14/h7-10,16H,2-6,11-13H2,1H3. The van der Waals surface area contributed by atoms with Gasteiger partial charge in [-0.3, -0.25) is 4.79 Å². The predicted molar refractivity (Wildman–Crippen MR) is 81.1 cm³/mol. The Morgan fingerprint density at radius 1 is 1.38 bits per heavy atom. The first-order valence-corrected chi connectivity index (χ1v) is 7.81. The predicted octanol–water partition coefficient (Wildman–Crippen LogP) is 3.29. The first kappa shape index (κ1) is 16.1. The van der Waals surface area contributed by atoms with Crippen LogP contribution in [0, 0.1) is 5.82 Å². The Bertz CT molecular complexity index is 441. The molecule has 1 fully saturated rings. The second kappa shape index (κ2) is 8.25. The van der Waals surface area contributed by atoms with Crippen molar-refractivity contribution in [1.29, 1.82) is 0 Å². The maximum absolute atomic E-state index is 12.8. The molecule has 0 aliphatic carbocycles. The third kappa shape index (κ3) is 5.21. The summed E-state index contributed by atoms with van der Waals surface area (Å²) in [4.78, 5) is 14.3. The van der Waals surface area contributed by atoms with Crippen LogP contribution in [-0.2, 0) is 4.74 Å². The van der Waals surface area contributed by atoms with Gasteiger partial charge in [0.1, 0.15) is 5.82 Å². The highest BCUT2D eigenvalue weighted by Crippen LogP contribution is 2.14. The van der Waals surface area contributed by atoms with Gasteiger partial charge in [0.25, 0.3) is 0 Å². The van der Waals surface area contributed by atoms with E-state index in [-0.39, 0.29) is 11.6 Å². The lowest BCUT2D eigenvalue weighted by Crippen LogP contribution is -2.33. The summed E-state index contributed by atoms with van der Waals surface area (Å²) in [7, 11) is 0. The van der Waals surface area contributed by atoms with Gasteiger partial charge in [-0.2, -0.15) is 0 Å². The molecule has 1 aliphatic heterocycles. The minimum Gasteiger partial charge on any atom is -0.377 e. The van der Waals surface area contributed by atoms with E-state index < -0.39 is 0 Å². The molecule has 1 heterocycles. The number of Topliss-reactive ketones (excluding diaryl/α,β-unsaturated/α-hetero) is 1. The number of hydrogen-bond acceptors (Lipinski definition) is 3. The van der Waals surface area contributed by atoms with E-state index in [1.807, 2.05) is 0 Å². The number of benzene rings is 1. The molecule has 0 radical (unpaired) electrons. The fraction of sp³-hybridized carbons (Fsp3) is 0.588. The van der Waals surface area contributed by atoms with Gasteiger partial charge in [0, 0.05) is 25.1 Å². The monoisotopic (exact) mass is 293 g/mol. The van der Waals surface area contributed by atoms with E-state index in [1.165, 1.54) is 12.1 Å². The number of nitrogens with zero attached hydrogens (tertiary/aromatic N) is 1. The minimum atomic E-state index is -0.305. The molecule has 1 atom stereocenters. The lowest BCUT2D eigenvalue weighted by atomic mass is 10.1. The van der Waals surface area contributed by atoms with Crippen LogP contribution in [0.1, 0.15) is 43.0 Å². The second-order valence-electron chi connectivity index (χ2n) is 5.56. The number of ketones is 1. The van der Waals surface area contributed by atoms with Gasteiger partial charge < -0.3 is 9.64 Å². The van der Waals surface area contributed by atoms with Crippen LogP contribution in [0.3, 0.4) is 0 Å². The van der Waals surface area contributed by atoms with Crippen LogP contribution in [0.4, 0.5) is 4.39 Å². The molecular formula is C17H24FNO2. The minimum absolute atomic E-state index is 0.0863. The maximum atomic E-state index is 12.8. The van der Waals surface area contributed by atoms with Crippen LogP contribution in [0.25, 0.3) is 0 Å². The molecule has 0 saturated carbocycles. The van der Waals surface area contributed by atoms with Crippen LogP contribution >= 0.6 is 0 Å². The van der Waals surface area contributed by atoms with Crippen molar-refractivity contribution in [3.05, 3.63) is 35.6 Å². The van der Waals surface area contributed by atoms with E-state index in [0.717, 1.165) is 45.5 Å². The Morgan fingerprint density at radius 2 is 2.14 bits per heavy atom. The lowest BCUT2D eigenvalue weighted by molar-refractivity contribution is 0.0737. The van der Waals surface area contributed by atoms with Crippen molar-refractivity contribution in [3.8, 4) is 0 Å². The first-order chi connectivity index (χ1) is 10.2. The average Bonchev–Trinajstić information content (AvgIpc) is 2.99. The van der Waals surface area contributed by atoms with E-state index >= 15 is 0 Å². The zero-order valence-electron chi connectivity index (χ0n) is 12.7. The van der Waals surface area contributed by atoms with Gasteiger partial charge in [0.15, 0.2) is 5.78 Å². The summed E-state index contributed by atoms with van der Waals surface area (Å²) in [5.74, 6) is -0.219. The van der Waals surface area contributed by atoms with E-state index in [0.29, 0.717) is 18.1 Å². The van der Waals surface area contributed by atoms with Crippen molar-refractivity contribution in [1.82, 2.24) is 4.90 Å². The molecule has 0 amide bonds. The molecule has 21 heavy (non-hydrogen) atoms. The molecule has 4 heteroatoms. The summed E-state index contributed by atoms with van der Waals surface area (Å²) in [6.45, 7) is 5.86. The molecule has 1 saturated heterocycles. The van der Waals surface area contributed by atoms with Gasteiger partial charge in [-0.1, -0.05) is 6.92 Å². The molecule has 1 aromatic carbocycles. The van der Waals surface area contributed by atoms with Gasteiger partial charge in [0.2, 0.25) is 0 Å². The highest BCUT2D eigenvalue weighted by atomic mass is 19.1. The molecule has 0 N–H and O–H groups in total. The molecule has 2 rings (SSSR count). The third-order valence-electron chi connectivity index (χ3n) is 3.98. The van der Waals surface area contributed by atoms with E-state index in [1.54, 1.807) is 12.1 Å². The molecule has 0 bridgehead atoms. The van der Waals surface area contributed by atoms with Crippen LogP contribution in [0.2, 0.25) is 0 Å². The Labute approximate surface area is 126 Å². The fourth-order valence-corrected chi connectivity index (χ4v) is 2.70. The van der Waals surface area contributed by atoms with Gasteiger partial charge in [-0.05, 0) is 56.6 Å². The molecule has 116 valence electrons. The number of ether oxygens (including phenoxy) is 1. The molecule has 1 unspecified atom stereocenters.